The van der Waals surface area contributed by atoms with Crippen molar-refractivity contribution < 1.29 is 9.50 Å². The molecule has 0 fully saturated rings. The molecule has 0 aliphatic rings. The Bertz CT molecular complexity index is 316. The Morgan fingerprint density at radius 1 is 1.27 bits per heavy atom. The Balaban J connectivity index is 3.02. The van der Waals surface area contributed by atoms with E-state index in [0.29, 0.717) is 5.56 Å². The van der Waals surface area contributed by atoms with Gasteiger partial charge in [-0.15, -0.1) is 0 Å². The van der Waals surface area contributed by atoms with Gasteiger partial charge in [-0.05, 0) is 42.9 Å². The molecule has 1 aromatic carbocycles. The van der Waals surface area contributed by atoms with Gasteiger partial charge in [-0.2, -0.15) is 0 Å². The molecule has 0 aliphatic carbocycles. The Kier molecular flexibility index (Phi) is 4.28. The molecule has 0 spiro atoms. The molecule has 0 aliphatic heterocycles. The predicted molar refractivity (Wildman–Crippen MR) is 60.4 cm³/mol. The first-order chi connectivity index (χ1) is 7.10. The fourth-order valence-electron chi connectivity index (χ4n) is 1.86. The van der Waals surface area contributed by atoms with Gasteiger partial charge in [-0.25, -0.2) is 4.39 Å². The van der Waals surface area contributed by atoms with E-state index in [4.69, 9.17) is 0 Å². The summed E-state index contributed by atoms with van der Waals surface area (Å²) in [5.41, 5.74) is 1.41. The summed E-state index contributed by atoms with van der Waals surface area (Å²) in [4.78, 5) is 0. The minimum absolute atomic E-state index is 0.192. The average molecular weight is 210 g/mol. The van der Waals surface area contributed by atoms with Crippen molar-refractivity contribution in [3.63, 3.8) is 0 Å². The van der Waals surface area contributed by atoms with Crippen molar-refractivity contribution in [2.45, 2.75) is 45.6 Å². The van der Waals surface area contributed by atoms with Crippen molar-refractivity contribution >= 4 is 0 Å². The van der Waals surface area contributed by atoms with Crippen LogP contribution in [0.25, 0.3) is 0 Å². The van der Waals surface area contributed by atoms with Gasteiger partial charge in [0.2, 0.25) is 0 Å². The fraction of sp³-hybridized carbons (Fsp3) is 0.538. The molecule has 1 nitrogen and oxygen atoms in total. The van der Waals surface area contributed by atoms with Gasteiger partial charge >= 0.3 is 0 Å². The zero-order valence-electron chi connectivity index (χ0n) is 9.63. The largest absolute Gasteiger partial charge is 0.389 e. The molecule has 0 heterocycles. The molecule has 0 saturated heterocycles. The van der Waals surface area contributed by atoms with Crippen LogP contribution >= 0.6 is 0 Å². The van der Waals surface area contributed by atoms with E-state index in [1.165, 1.54) is 6.07 Å². The lowest BCUT2D eigenvalue weighted by Crippen LogP contribution is -2.01. The molecule has 84 valence electrons. The van der Waals surface area contributed by atoms with Gasteiger partial charge < -0.3 is 5.11 Å². The molecule has 15 heavy (non-hydrogen) atoms. The lowest BCUT2D eigenvalue weighted by Gasteiger charge is -2.15. The van der Waals surface area contributed by atoms with E-state index in [1.807, 2.05) is 0 Å². The fourth-order valence-corrected chi connectivity index (χ4v) is 1.86. The van der Waals surface area contributed by atoms with Gasteiger partial charge in [-0.1, -0.05) is 26.0 Å². The molecule has 2 heteroatoms. The number of rotatable bonds is 4. The second-order valence-electron chi connectivity index (χ2n) is 3.97. The van der Waals surface area contributed by atoms with Crippen LogP contribution in [0.4, 0.5) is 4.39 Å². The Labute approximate surface area is 90.9 Å². The molecule has 0 bridgehead atoms. The lowest BCUT2D eigenvalue weighted by atomic mass is 9.92. The summed E-state index contributed by atoms with van der Waals surface area (Å²) >= 11 is 0. The topological polar surface area (TPSA) is 20.2 Å². The highest BCUT2D eigenvalue weighted by Gasteiger charge is 2.13. The van der Waals surface area contributed by atoms with Gasteiger partial charge in [0.1, 0.15) is 5.82 Å². The quantitative estimate of drug-likeness (QED) is 0.801. The SMILES string of the molecule is CCC(CC)c1ccc(C(C)O)cc1F. The van der Waals surface area contributed by atoms with Crippen LogP contribution in [-0.2, 0) is 0 Å². The second-order valence-corrected chi connectivity index (χ2v) is 3.97. The van der Waals surface area contributed by atoms with Gasteiger partial charge in [0.05, 0.1) is 6.10 Å². The van der Waals surface area contributed by atoms with Crippen LogP contribution < -0.4 is 0 Å². The summed E-state index contributed by atoms with van der Waals surface area (Å²) in [6.45, 7) is 5.78. The Morgan fingerprint density at radius 2 is 1.87 bits per heavy atom. The van der Waals surface area contributed by atoms with E-state index in [2.05, 4.69) is 13.8 Å². The standard InChI is InChI=1S/C13H19FO/c1-4-10(5-2)12-7-6-11(9(3)15)8-13(12)14/h6-10,15H,4-5H2,1-3H3. The smallest absolute Gasteiger partial charge is 0.127 e. The number of aliphatic hydroxyl groups excluding tert-OH is 1. The number of halogens is 1. The average Bonchev–Trinajstić information content (AvgIpc) is 2.21. The van der Waals surface area contributed by atoms with Crippen molar-refractivity contribution in [1.82, 2.24) is 0 Å². The molecular formula is C13H19FO. The summed E-state index contributed by atoms with van der Waals surface area (Å²) in [5, 5.41) is 9.33. The van der Waals surface area contributed by atoms with Crippen molar-refractivity contribution in [3.8, 4) is 0 Å². The van der Waals surface area contributed by atoms with Crippen molar-refractivity contribution in [3.05, 3.63) is 35.1 Å². The van der Waals surface area contributed by atoms with E-state index < -0.39 is 6.10 Å². The highest BCUT2D eigenvalue weighted by atomic mass is 19.1. The number of benzene rings is 1. The maximum atomic E-state index is 13.7. The Hall–Kier alpha value is -0.890. The maximum Gasteiger partial charge on any atom is 0.127 e. The van der Waals surface area contributed by atoms with Crippen LogP contribution in [0.15, 0.2) is 18.2 Å². The van der Waals surface area contributed by atoms with E-state index in [1.54, 1.807) is 19.1 Å². The number of aliphatic hydroxyl groups is 1. The number of hydrogen-bond donors (Lipinski definition) is 1. The zero-order valence-corrected chi connectivity index (χ0v) is 9.63. The van der Waals surface area contributed by atoms with Gasteiger partial charge in [0, 0.05) is 0 Å². The monoisotopic (exact) mass is 210 g/mol. The van der Waals surface area contributed by atoms with Crippen molar-refractivity contribution in [2.24, 2.45) is 0 Å². The van der Waals surface area contributed by atoms with E-state index in [9.17, 15) is 9.50 Å². The van der Waals surface area contributed by atoms with E-state index in [0.717, 1.165) is 18.4 Å². The molecule has 1 atom stereocenters. The van der Waals surface area contributed by atoms with Crippen LogP contribution in [0.1, 0.15) is 56.8 Å². The first kappa shape index (κ1) is 12.2. The molecule has 0 aromatic heterocycles. The minimum atomic E-state index is -0.602. The third-order valence-corrected chi connectivity index (χ3v) is 2.93. The molecule has 1 rings (SSSR count). The molecule has 1 aromatic rings. The van der Waals surface area contributed by atoms with Crippen LogP contribution in [0.3, 0.4) is 0 Å². The summed E-state index contributed by atoms with van der Waals surface area (Å²) in [6, 6.07) is 5.05. The normalized spacial score (nSPS) is 13.2. The predicted octanol–water partition coefficient (Wildman–Crippen LogP) is 3.78. The van der Waals surface area contributed by atoms with Crippen LogP contribution in [0, 0.1) is 5.82 Å². The summed E-state index contributed by atoms with van der Waals surface area (Å²) in [7, 11) is 0. The molecule has 0 radical (unpaired) electrons. The zero-order chi connectivity index (χ0) is 11.4. The molecule has 0 amide bonds. The highest BCUT2D eigenvalue weighted by Crippen LogP contribution is 2.27. The molecular weight excluding hydrogens is 191 g/mol. The van der Waals surface area contributed by atoms with Gasteiger partial charge in [0.15, 0.2) is 0 Å². The van der Waals surface area contributed by atoms with Crippen molar-refractivity contribution in [1.29, 1.82) is 0 Å². The van der Waals surface area contributed by atoms with Crippen LogP contribution in [0.5, 0.6) is 0 Å². The molecule has 1 N–H and O–H groups in total. The van der Waals surface area contributed by atoms with Crippen LogP contribution in [0.2, 0.25) is 0 Å². The van der Waals surface area contributed by atoms with Gasteiger partial charge in [0.25, 0.3) is 0 Å². The van der Waals surface area contributed by atoms with E-state index >= 15 is 0 Å². The third kappa shape index (κ3) is 2.78. The highest BCUT2D eigenvalue weighted by molar-refractivity contribution is 5.28. The maximum absolute atomic E-state index is 13.7. The Morgan fingerprint density at radius 3 is 2.27 bits per heavy atom. The summed E-state index contributed by atoms with van der Waals surface area (Å²) < 4.78 is 13.7. The lowest BCUT2D eigenvalue weighted by molar-refractivity contribution is 0.198. The summed E-state index contributed by atoms with van der Waals surface area (Å²) in [6.07, 6.45) is 1.29. The third-order valence-electron chi connectivity index (χ3n) is 2.93. The van der Waals surface area contributed by atoms with E-state index in [-0.39, 0.29) is 11.7 Å². The molecule has 1 unspecified atom stereocenters. The van der Waals surface area contributed by atoms with Gasteiger partial charge in [-0.3, -0.25) is 0 Å². The first-order valence-electron chi connectivity index (χ1n) is 5.57. The minimum Gasteiger partial charge on any atom is -0.389 e. The summed E-state index contributed by atoms with van der Waals surface area (Å²) in [5.74, 6) is 0.0927. The van der Waals surface area contributed by atoms with Crippen molar-refractivity contribution in [2.75, 3.05) is 0 Å². The first-order valence-corrected chi connectivity index (χ1v) is 5.57. The van der Waals surface area contributed by atoms with Crippen LogP contribution in [-0.4, -0.2) is 5.11 Å². The molecule has 0 saturated carbocycles. The number of hydrogen-bond acceptors (Lipinski definition) is 1. The second kappa shape index (κ2) is 5.26.